The normalized spacial score (nSPS) is 11.3. The number of oxazole rings is 1. The summed E-state index contributed by atoms with van der Waals surface area (Å²) in [6.07, 6.45) is 1.35. The fourth-order valence-electron chi connectivity index (χ4n) is 1.68. The van der Waals surface area contributed by atoms with Crippen molar-refractivity contribution in [2.45, 2.75) is 33.4 Å². The van der Waals surface area contributed by atoms with Crippen LogP contribution >= 0.6 is 0 Å². The maximum absolute atomic E-state index is 13.9. The van der Waals surface area contributed by atoms with E-state index in [1.54, 1.807) is 6.92 Å². The topological polar surface area (TPSA) is 38.1 Å². The SMILES string of the molecule is Cc1ccc(F)c(-c2cnc(CNC(C)C)o2)c1F. The molecule has 0 aliphatic heterocycles. The van der Waals surface area contributed by atoms with Gasteiger partial charge in [0.25, 0.3) is 0 Å². The monoisotopic (exact) mass is 266 g/mol. The molecule has 1 aromatic carbocycles. The fraction of sp³-hybridized carbons (Fsp3) is 0.357. The van der Waals surface area contributed by atoms with Gasteiger partial charge in [-0.05, 0) is 18.6 Å². The summed E-state index contributed by atoms with van der Waals surface area (Å²) in [6.45, 7) is 5.98. The van der Waals surface area contributed by atoms with Crippen molar-refractivity contribution in [2.24, 2.45) is 0 Å². The summed E-state index contributed by atoms with van der Waals surface area (Å²) >= 11 is 0. The summed E-state index contributed by atoms with van der Waals surface area (Å²) in [5.74, 6) is -0.745. The van der Waals surface area contributed by atoms with E-state index in [-0.39, 0.29) is 17.4 Å². The molecule has 1 aromatic heterocycles. The van der Waals surface area contributed by atoms with Gasteiger partial charge in [0.1, 0.15) is 11.6 Å². The molecule has 0 aliphatic carbocycles. The van der Waals surface area contributed by atoms with Crippen LogP contribution in [0.5, 0.6) is 0 Å². The molecule has 2 rings (SSSR count). The Kier molecular flexibility index (Phi) is 3.95. The zero-order chi connectivity index (χ0) is 14.0. The second kappa shape index (κ2) is 5.48. The van der Waals surface area contributed by atoms with Gasteiger partial charge in [-0.15, -0.1) is 0 Å². The molecule has 0 saturated carbocycles. The highest BCUT2D eigenvalue weighted by molar-refractivity contribution is 5.59. The Hall–Kier alpha value is -1.75. The van der Waals surface area contributed by atoms with E-state index in [2.05, 4.69) is 10.3 Å². The van der Waals surface area contributed by atoms with Crippen LogP contribution < -0.4 is 5.32 Å². The molecule has 0 bridgehead atoms. The van der Waals surface area contributed by atoms with E-state index in [0.29, 0.717) is 18.0 Å². The van der Waals surface area contributed by atoms with Crippen LogP contribution in [-0.4, -0.2) is 11.0 Å². The quantitative estimate of drug-likeness (QED) is 0.921. The van der Waals surface area contributed by atoms with Crippen LogP contribution in [-0.2, 0) is 6.54 Å². The van der Waals surface area contributed by atoms with Gasteiger partial charge in [0.2, 0.25) is 5.89 Å². The summed E-state index contributed by atoms with van der Waals surface area (Å²) in [6, 6.07) is 2.90. The van der Waals surface area contributed by atoms with E-state index in [4.69, 9.17) is 4.42 Å². The highest BCUT2D eigenvalue weighted by Gasteiger charge is 2.17. The number of rotatable bonds is 4. The number of benzene rings is 1. The minimum absolute atomic E-state index is 0.110. The lowest BCUT2D eigenvalue weighted by molar-refractivity contribution is 0.454. The molecule has 1 N–H and O–H groups in total. The van der Waals surface area contributed by atoms with Gasteiger partial charge >= 0.3 is 0 Å². The average molecular weight is 266 g/mol. The molecule has 2 aromatic rings. The lowest BCUT2D eigenvalue weighted by Crippen LogP contribution is -2.21. The number of halogens is 2. The first-order chi connectivity index (χ1) is 8.99. The van der Waals surface area contributed by atoms with Gasteiger partial charge in [0, 0.05) is 6.04 Å². The summed E-state index contributed by atoms with van der Waals surface area (Å²) in [5, 5.41) is 3.12. The molecule has 0 aliphatic rings. The van der Waals surface area contributed by atoms with Crippen LogP contribution in [0, 0.1) is 18.6 Å². The van der Waals surface area contributed by atoms with E-state index in [0.717, 1.165) is 0 Å². The van der Waals surface area contributed by atoms with E-state index in [1.807, 2.05) is 13.8 Å². The number of aryl methyl sites for hydroxylation is 1. The molecule has 19 heavy (non-hydrogen) atoms. The second-order valence-electron chi connectivity index (χ2n) is 4.71. The number of hydrogen-bond donors (Lipinski definition) is 1. The zero-order valence-electron chi connectivity index (χ0n) is 11.1. The number of aromatic nitrogens is 1. The first-order valence-electron chi connectivity index (χ1n) is 6.12. The van der Waals surface area contributed by atoms with Crippen LogP contribution in [0.1, 0.15) is 25.3 Å². The van der Waals surface area contributed by atoms with Crippen molar-refractivity contribution in [2.75, 3.05) is 0 Å². The number of nitrogens with zero attached hydrogens (tertiary/aromatic N) is 1. The molecule has 0 saturated heterocycles. The lowest BCUT2D eigenvalue weighted by atomic mass is 10.1. The van der Waals surface area contributed by atoms with Gasteiger partial charge < -0.3 is 9.73 Å². The smallest absolute Gasteiger partial charge is 0.208 e. The van der Waals surface area contributed by atoms with Gasteiger partial charge in [-0.3, -0.25) is 0 Å². The number of nitrogens with one attached hydrogen (secondary N) is 1. The van der Waals surface area contributed by atoms with Crippen molar-refractivity contribution in [3.05, 3.63) is 41.4 Å². The molecule has 0 unspecified atom stereocenters. The largest absolute Gasteiger partial charge is 0.439 e. The molecule has 0 radical (unpaired) electrons. The minimum Gasteiger partial charge on any atom is -0.439 e. The molecule has 1 heterocycles. The van der Waals surface area contributed by atoms with Gasteiger partial charge in [-0.1, -0.05) is 19.9 Å². The molecule has 0 spiro atoms. The highest BCUT2D eigenvalue weighted by atomic mass is 19.1. The second-order valence-corrected chi connectivity index (χ2v) is 4.71. The van der Waals surface area contributed by atoms with Gasteiger partial charge in [0.05, 0.1) is 18.3 Å². The predicted octanol–water partition coefficient (Wildman–Crippen LogP) is 3.43. The highest BCUT2D eigenvalue weighted by Crippen LogP contribution is 2.28. The third-order valence-electron chi connectivity index (χ3n) is 2.75. The van der Waals surface area contributed by atoms with Crippen molar-refractivity contribution in [3.63, 3.8) is 0 Å². The van der Waals surface area contributed by atoms with Crippen molar-refractivity contribution >= 4 is 0 Å². The van der Waals surface area contributed by atoms with Gasteiger partial charge in [-0.25, -0.2) is 13.8 Å². The van der Waals surface area contributed by atoms with Crippen molar-refractivity contribution in [3.8, 4) is 11.3 Å². The van der Waals surface area contributed by atoms with Crippen molar-refractivity contribution in [1.82, 2.24) is 10.3 Å². The molecular formula is C14H16F2N2O. The summed E-state index contributed by atoms with van der Waals surface area (Å²) < 4.78 is 33.0. The van der Waals surface area contributed by atoms with E-state index < -0.39 is 11.6 Å². The Balaban J connectivity index is 2.30. The van der Waals surface area contributed by atoms with Crippen molar-refractivity contribution < 1.29 is 13.2 Å². The molecule has 102 valence electrons. The molecular weight excluding hydrogens is 250 g/mol. The third-order valence-corrected chi connectivity index (χ3v) is 2.75. The molecule has 3 nitrogen and oxygen atoms in total. The third kappa shape index (κ3) is 2.98. The van der Waals surface area contributed by atoms with Crippen LogP contribution in [0.2, 0.25) is 0 Å². The molecule has 0 amide bonds. The van der Waals surface area contributed by atoms with Crippen LogP contribution in [0.15, 0.2) is 22.7 Å². The zero-order valence-corrected chi connectivity index (χ0v) is 11.1. The fourth-order valence-corrected chi connectivity index (χ4v) is 1.68. The van der Waals surface area contributed by atoms with E-state index in [1.165, 1.54) is 18.3 Å². The Labute approximate surface area is 110 Å². The minimum atomic E-state index is -0.650. The van der Waals surface area contributed by atoms with Crippen molar-refractivity contribution in [1.29, 1.82) is 0 Å². The van der Waals surface area contributed by atoms with Crippen LogP contribution in [0.4, 0.5) is 8.78 Å². The summed E-state index contributed by atoms with van der Waals surface area (Å²) in [7, 11) is 0. The predicted molar refractivity (Wildman–Crippen MR) is 68.6 cm³/mol. The van der Waals surface area contributed by atoms with Gasteiger partial charge in [0.15, 0.2) is 5.76 Å². The Bertz CT molecular complexity index is 579. The first kappa shape index (κ1) is 13.7. The molecule has 5 heteroatoms. The first-order valence-corrected chi connectivity index (χ1v) is 6.12. The maximum Gasteiger partial charge on any atom is 0.208 e. The standard InChI is InChI=1S/C14H16F2N2O/c1-8(2)17-7-12-18-6-11(19-12)13-10(15)5-4-9(3)14(13)16/h4-6,8,17H,7H2,1-3H3. The summed E-state index contributed by atoms with van der Waals surface area (Å²) in [4.78, 5) is 4.01. The Morgan fingerprint density at radius 3 is 2.74 bits per heavy atom. The Morgan fingerprint density at radius 2 is 2.05 bits per heavy atom. The summed E-state index contributed by atoms with van der Waals surface area (Å²) in [5.41, 5.74) is 0.206. The Morgan fingerprint density at radius 1 is 1.32 bits per heavy atom. The van der Waals surface area contributed by atoms with Crippen LogP contribution in [0.25, 0.3) is 11.3 Å². The molecule has 0 atom stereocenters. The molecule has 0 fully saturated rings. The number of hydrogen-bond acceptors (Lipinski definition) is 3. The van der Waals surface area contributed by atoms with Crippen LogP contribution in [0.3, 0.4) is 0 Å². The average Bonchev–Trinajstić information content (AvgIpc) is 2.80. The maximum atomic E-state index is 13.9. The lowest BCUT2D eigenvalue weighted by Gasteiger charge is -2.05. The van der Waals surface area contributed by atoms with Gasteiger partial charge in [-0.2, -0.15) is 0 Å². The van der Waals surface area contributed by atoms with E-state index >= 15 is 0 Å². The van der Waals surface area contributed by atoms with E-state index in [9.17, 15) is 8.78 Å².